The van der Waals surface area contributed by atoms with Crippen LogP contribution in [-0.2, 0) is 11.2 Å². The van der Waals surface area contributed by atoms with E-state index in [1.165, 1.54) is 11.4 Å². The first-order valence-electron chi connectivity index (χ1n) is 7.57. The maximum atomic E-state index is 12.5. The molecule has 0 saturated carbocycles. The van der Waals surface area contributed by atoms with Crippen LogP contribution >= 0.6 is 11.3 Å². The number of thiazole rings is 1. The lowest BCUT2D eigenvalue weighted by molar-refractivity contribution is -0.113. The number of fused-ring (bicyclic) bond motifs is 1. The summed E-state index contributed by atoms with van der Waals surface area (Å²) in [6.07, 6.45) is 0.0655. The van der Waals surface area contributed by atoms with Crippen molar-refractivity contribution in [1.29, 1.82) is 0 Å². The Bertz CT molecular complexity index is 899. The Balaban J connectivity index is 1.80. The van der Waals surface area contributed by atoms with E-state index < -0.39 is 24.7 Å². The van der Waals surface area contributed by atoms with E-state index >= 15 is 0 Å². The van der Waals surface area contributed by atoms with Crippen LogP contribution in [-0.4, -0.2) is 44.9 Å². The first kappa shape index (κ1) is 17.9. The van der Waals surface area contributed by atoms with Crippen molar-refractivity contribution in [3.63, 3.8) is 0 Å². The van der Waals surface area contributed by atoms with Crippen LogP contribution in [0.5, 0.6) is 5.75 Å². The van der Waals surface area contributed by atoms with Crippen molar-refractivity contribution in [2.24, 2.45) is 5.16 Å². The molecule has 1 aromatic carbocycles. The normalized spacial score (nSPS) is 16.7. The third-order valence-corrected chi connectivity index (χ3v) is 4.70. The number of aromatic carboxylic acids is 1. The number of nitrogen functional groups attached to an aromatic ring is 1. The molecule has 26 heavy (non-hydrogen) atoms. The number of nitrogens with two attached hydrogens (primary N) is 1. The van der Waals surface area contributed by atoms with E-state index in [1.807, 2.05) is 0 Å². The number of carbonyl (C=O) groups excluding carboxylic acids is 1. The van der Waals surface area contributed by atoms with Crippen molar-refractivity contribution >= 4 is 41.1 Å². The highest BCUT2D eigenvalue weighted by molar-refractivity contribution is 7.13. The molecule has 134 valence electrons. The van der Waals surface area contributed by atoms with Crippen LogP contribution in [0.4, 0.5) is 5.13 Å². The lowest BCUT2D eigenvalue weighted by Gasteiger charge is -2.27. The van der Waals surface area contributed by atoms with Gasteiger partial charge in [-0.1, -0.05) is 17.3 Å². The Morgan fingerprint density at radius 1 is 1.46 bits per heavy atom. The minimum absolute atomic E-state index is 0.0538. The third-order valence-electron chi connectivity index (χ3n) is 4.03. The molecule has 1 atom stereocenters. The molecule has 5 N–H and O–H groups in total. The number of hydrogen-bond acceptors (Lipinski definition) is 9. The Morgan fingerprint density at radius 3 is 2.85 bits per heavy atom. The fourth-order valence-electron chi connectivity index (χ4n) is 2.81. The molecule has 1 aliphatic rings. The first-order valence-corrected chi connectivity index (χ1v) is 8.45. The summed E-state index contributed by atoms with van der Waals surface area (Å²) >= 11 is 1.10. The lowest BCUT2D eigenvalue weighted by Crippen LogP contribution is -2.36. The van der Waals surface area contributed by atoms with Crippen molar-refractivity contribution < 1.29 is 29.6 Å². The molecule has 0 radical (unpaired) electrons. The van der Waals surface area contributed by atoms with E-state index in [1.54, 1.807) is 12.1 Å². The number of aromatic nitrogens is 1. The number of nitrogens with zero attached hydrogens (tertiary/aromatic N) is 2. The number of hydrogen-bond donors (Lipinski definition) is 4. The standard InChI is InChI=1S/C15H14BN3O6S/c17-15-18-10(6-26-15)12(19-24)11(20)5-8-4-7-2-1-3-9(14(21)22)13(7)25-16(8)23/h1-3,6,8,23-24H,4-5H2,(H2,17,18)(H,21,22)/b19-12-/t8-/m1/s1. The number of Topliss-reactive ketones (excluding diaryl/α,β-unsaturated/α-hetero) is 1. The summed E-state index contributed by atoms with van der Waals surface area (Å²) in [7, 11) is -1.37. The number of oxime groups is 1. The average Bonchev–Trinajstić information content (AvgIpc) is 3.01. The van der Waals surface area contributed by atoms with Crippen molar-refractivity contribution in [2.45, 2.75) is 18.7 Å². The molecule has 1 aliphatic heterocycles. The summed E-state index contributed by atoms with van der Waals surface area (Å²) in [6, 6.07) is 4.62. The van der Waals surface area contributed by atoms with Gasteiger partial charge < -0.3 is 25.7 Å². The van der Waals surface area contributed by atoms with Gasteiger partial charge in [0.25, 0.3) is 0 Å². The van der Waals surface area contributed by atoms with Gasteiger partial charge in [0.05, 0.1) is 5.56 Å². The Hall–Kier alpha value is -2.92. The molecular weight excluding hydrogens is 361 g/mol. The van der Waals surface area contributed by atoms with Crippen LogP contribution in [0.2, 0.25) is 5.82 Å². The maximum Gasteiger partial charge on any atom is 0.526 e. The second-order valence-electron chi connectivity index (χ2n) is 5.72. The number of carbonyl (C=O) groups is 2. The van der Waals surface area contributed by atoms with Gasteiger partial charge in [0.1, 0.15) is 11.4 Å². The minimum Gasteiger partial charge on any atom is -0.535 e. The van der Waals surface area contributed by atoms with E-state index in [2.05, 4.69) is 10.1 Å². The summed E-state index contributed by atoms with van der Waals surface area (Å²) < 4.78 is 5.35. The van der Waals surface area contributed by atoms with Crippen molar-refractivity contribution in [2.75, 3.05) is 5.73 Å². The Labute approximate surface area is 151 Å². The molecule has 1 aromatic heterocycles. The number of ketones is 1. The number of para-hydroxylation sites is 1. The van der Waals surface area contributed by atoms with Gasteiger partial charge >= 0.3 is 13.1 Å². The maximum absolute atomic E-state index is 12.5. The Morgan fingerprint density at radius 2 is 2.23 bits per heavy atom. The smallest absolute Gasteiger partial charge is 0.526 e. The third kappa shape index (κ3) is 3.39. The van der Waals surface area contributed by atoms with Gasteiger partial charge in [-0.25, -0.2) is 9.78 Å². The highest BCUT2D eigenvalue weighted by Gasteiger charge is 2.38. The summed E-state index contributed by atoms with van der Waals surface area (Å²) in [6.45, 7) is 0. The van der Waals surface area contributed by atoms with E-state index in [4.69, 9.17) is 15.6 Å². The lowest BCUT2D eigenvalue weighted by atomic mass is 9.64. The van der Waals surface area contributed by atoms with Gasteiger partial charge in [-0.05, 0) is 18.1 Å². The highest BCUT2D eigenvalue weighted by Crippen LogP contribution is 2.36. The molecule has 2 aromatic rings. The quantitative estimate of drug-likeness (QED) is 0.262. The van der Waals surface area contributed by atoms with E-state index in [9.17, 15) is 19.7 Å². The van der Waals surface area contributed by atoms with Crippen LogP contribution in [0.1, 0.15) is 28.0 Å². The zero-order valence-electron chi connectivity index (χ0n) is 13.3. The van der Waals surface area contributed by atoms with Crippen LogP contribution in [0.25, 0.3) is 0 Å². The summed E-state index contributed by atoms with van der Waals surface area (Å²) in [4.78, 5) is 27.6. The average molecular weight is 375 g/mol. The number of benzene rings is 1. The molecule has 0 bridgehead atoms. The van der Waals surface area contributed by atoms with Crippen molar-refractivity contribution in [3.8, 4) is 5.75 Å². The van der Waals surface area contributed by atoms with Gasteiger partial charge in [0.15, 0.2) is 16.6 Å². The zero-order chi connectivity index (χ0) is 18.8. The molecule has 0 fully saturated rings. The number of rotatable bonds is 5. The predicted octanol–water partition coefficient (Wildman–Crippen LogP) is 1.05. The minimum atomic E-state index is -1.37. The fourth-order valence-corrected chi connectivity index (χ4v) is 3.36. The van der Waals surface area contributed by atoms with Crippen LogP contribution < -0.4 is 10.4 Å². The number of carboxylic acids is 1. The van der Waals surface area contributed by atoms with Crippen molar-refractivity contribution in [1.82, 2.24) is 4.98 Å². The predicted molar refractivity (Wildman–Crippen MR) is 93.9 cm³/mol. The van der Waals surface area contributed by atoms with Crippen molar-refractivity contribution in [3.05, 3.63) is 40.4 Å². The van der Waals surface area contributed by atoms with E-state index in [0.717, 1.165) is 11.3 Å². The summed E-state index contributed by atoms with van der Waals surface area (Å²) in [5, 5.41) is 33.3. The van der Waals surface area contributed by atoms with Crippen LogP contribution in [0, 0.1) is 0 Å². The van der Waals surface area contributed by atoms with Gasteiger partial charge in [-0.2, -0.15) is 0 Å². The summed E-state index contributed by atoms with van der Waals surface area (Å²) in [5.41, 5.74) is 5.94. The van der Waals surface area contributed by atoms with Crippen LogP contribution in [0.3, 0.4) is 0 Å². The molecule has 3 rings (SSSR count). The van der Waals surface area contributed by atoms with E-state index in [-0.39, 0.29) is 40.7 Å². The molecule has 0 spiro atoms. The van der Waals surface area contributed by atoms with Gasteiger partial charge in [0, 0.05) is 17.6 Å². The van der Waals surface area contributed by atoms with E-state index in [0.29, 0.717) is 5.56 Å². The first-order chi connectivity index (χ1) is 12.4. The zero-order valence-corrected chi connectivity index (χ0v) is 14.1. The largest absolute Gasteiger partial charge is 0.535 e. The second kappa shape index (κ2) is 7.14. The summed E-state index contributed by atoms with van der Waals surface area (Å²) in [5.74, 6) is -2.24. The topological polar surface area (TPSA) is 155 Å². The number of carboxylic acid groups (broad SMARTS) is 1. The Kier molecular flexibility index (Phi) is 4.91. The van der Waals surface area contributed by atoms with Crippen LogP contribution in [0.15, 0.2) is 28.7 Å². The SMILES string of the molecule is Nc1nc(/C(=N/O)C(=O)C[C@H]2Cc3cccc(C(=O)O)c3OB2O)cs1. The fraction of sp³-hybridized carbons (Fsp3) is 0.200. The monoisotopic (exact) mass is 375 g/mol. The number of anilines is 1. The molecule has 0 unspecified atom stereocenters. The molecule has 0 amide bonds. The van der Waals surface area contributed by atoms with Gasteiger partial charge in [-0.3, -0.25) is 4.79 Å². The second-order valence-corrected chi connectivity index (χ2v) is 6.61. The highest BCUT2D eigenvalue weighted by atomic mass is 32.1. The van der Waals surface area contributed by atoms with Gasteiger partial charge in [0.2, 0.25) is 0 Å². The van der Waals surface area contributed by atoms with Gasteiger partial charge in [-0.15, -0.1) is 11.3 Å². The molecule has 11 heteroatoms. The molecule has 2 heterocycles. The molecule has 9 nitrogen and oxygen atoms in total. The molecule has 0 aliphatic carbocycles. The molecule has 0 saturated heterocycles. The molecular formula is C15H14BN3O6S.